The molecule has 2 heterocycles. The fourth-order valence-corrected chi connectivity index (χ4v) is 2.88. The standard InChI is InChI=1S/C19H21FN4O3/c1-11-18(12(2)23-22-11)13(3)24(4)19(25)16-9-27-17(21-16)10-26-15-7-5-14(20)6-8-15/h5-9,13H,10H2,1-4H3,(H,22,23). The maximum Gasteiger partial charge on any atom is 0.276 e. The van der Waals surface area contributed by atoms with Crippen LogP contribution in [-0.4, -0.2) is 33.0 Å². The van der Waals surface area contributed by atoms with E-state index in [1.54, 1.807) is 11.9 Å². The summed E-state index contributed by atoms with van der Waals surface area (Å²) >= 11 is 0. The Bertz CT molecular complexity index is 913. The molecule has 7 nitrogen and oxygen atoms in total. The summed E-state index contributed by atoms with van der Waals surface area (Å²) in [5, 5.41) is 7.11. The molecule has 1 unspecified atom stereocenters. The highest BCUT2D eigenvalue weighted by atomic mass is 19.1. The number of nitrogens with zero attached hydrogens (tertiary/aromatic N) is 3. The monoisotopic (exact) mass is 372 g/mol. The smallest absolute Gasteiger partial charge is 0.276 e. The minimum absolute atomic E-state index is 0.0398. The van der Waals surface area contributed by atoms with Crippen LogP contribution < -0.4 is 4.74 Å². The number of amides is 1. The van der Waals surface area contributed by atoms with Gasteiger partial charge in [-0.1, -0.05) is 0 Å². The molecule has 0 spiro atoms. The summed E-state index contributed by atoms with van der Waals surface area (Å²) in [6.45, 7) is 5.79. The number of H-pyrrole nitrogens is 1. The Labute approximate surface area is 156 Å². The Morgan fingerprint density at radius 2 is 2.04 bits per heavy atom. The first-order valence-corrected chi connectivity index (χ1v) is 8.48. The molecule has 1 N–H and O–H groups in total. The van der Waals surface area contributed by atoms with Crippen molar-refractivity contribution in [2.75, 3.05) is 7.05 Å². The molecular weight excluding hydrogens is 351 g/mol. The highest BCUT2D eigenvalue weighted by molar-refractivity contribution is 5.92. The molecule has 0 fully saturated rings. The SMILES string of the molecule is Cc1n[nH]c(C)c1C(C)N(C)C(=O)c1coc(COc2ccc(F)cc2)n1. The van der Waals surface area contributed by atoms with Crippen molar-refractivity contribution in [2.45, 2.75) is 33.4 Å². The summed E-state index contributed by atoms with van der Waals surface area (Å²) in [5.74, 6) is 0.143. The lowest BCUT2D eigenvalue weighted by atomic mass is 10.1. The summed E-state index contributed by atoms with van der Waals surface area (Å²) in [4.78, 5) is 18.5. The van der Waals surface area contributed by atoms with Crippen molar-refractivity contribution >= 4 is 5.91 Å². The lowest BCUT2D eigenvalue weighted by Crippen LogP contribution is -2.30. The molecule has 27 heavy (non-hydrogen) atoms. The summed E-state index contributed by atoms with van der Waals surface area (Å²) in [6.07, 6.45) is 1.31. The molecule has 3 rings (SSSR count). The van der Waals surface area contributed by atoms with E-state index in [4.69, 9.17) is 9.15 Å². The van der Waals surface area contributed by atoms with Gasteiger partial charge in [-0.25, -0.2) is 9.37 Å². The first kappa shape index (κ1) is 18.6. The van der Waals surface area contributed by atoms with Crippen LogP contribution in [0.5, 0.6) is 5.75 Å². The number of oxazole rings is 1. The highest BCUT2D eigenvalue weighted by Crippen LogP contribution is 2.25. The normalized spacial score (nSPS) is 12.0. The Kier molecular flexibility index (Phi) is 5.25. The highest BCUT2D eigenvalue weighted by Gasteiger charge is 2.25. The number of hydrogen-bond acceptors (Lipinski definition) is 5. The maximum absolute atomic E-state index is 12.9. The van der Waals surface area contributed by atoms with Gasteiger partial charge in [0, 0.05) is 18.3 Å². The average molecular weight is 372 g/mol. The first-order chi connectivity index (χ1) is 12.9. The zero-order valence-corrected chi connectivity index (χ0v) is 15.6. The van der Waals surface area contributed by atoms with Gasteiger partial charge >= 0.3 is 0 Å². The molecule has 0 aliphatic carbocycles. The van der Waals surface area contributed by atoms with Crippen LogP contribution in [0.3, 0.4) is 0 Å². The van der Waals surface area contributed by atoms with Crippen molar-refractivity contribution in [2.24, 2.45) is 0 Å². The molecule has 0 aliphatic heterocycles. The van der Waals surface area contributed by atoms with E-state index in [2.05, 4.69) is 15.2 Å². The van der Waals surface area contributed by atoms with Crippen LogP contribution in [0.4, 0.5) is 4.39 Å². The summed E-state index contributed by atoms with van der Waals surface area (Å²) < 4.78 is 23.7. The van der Waals surface area contributed by atoms with E-state index in [-0.39, 0.29) is 36.0 Å². The van der Waals surface area contributed by atoms with E-state index in [0.29, 0.717) is 5.75 Å². The second-order valence-corrected chi connectivity index (χ2v) is 6.31. The number of aryl methyl sites for hydroxylation is 2. The van der Waals surface area contributed by atoms with E-state index in [1.165, 1.54) is 30.5 Å². The number of nitrogens with one attached hydrogen (secondary N) is 1. The van der Waals surface area contributed by atoms with E-state index in [9.17, 15) is 9.18 Å². The van der Waals surface area contributed by atoms with E-state index >= 15 is 0 Å². The Morgan fingerprint density at radius 3 is 2.67 bits per heavy atom. The number of halogens is 1. The minimum atomic E-state index is -0.341. The Balaban J connectivity index is 1.66. The molecule has 1 amide bonds. The second kappa shape index (κ2) is 7.61. The third kappa shape index (κ3) is 3.99. The van der Waals surface area contributed by atoms with Gasteiger partial charge in [-0.15, -0.1) is 0 Å². The minimum Gasteiger partial charge on any atom is -0.484 e. The predicted octanol–water partition coefficient (Wildman–Crippen LogP) is 3.57. The summed E-state index contributed by atoms with van der Waals surface area (Å²) in [7, 11) is 1.71. The molecule has 0 radical (unpaired) electrons. The molecule has 1 atom stereocenters. The van der Waals surface area contributed by atoms with Gasteiger partial charge in [0.2, 0.25) is 5.89 Å². The van der Waals surface area contributed by atoms with Crippen molar-refractivity contribution in [3.8, 4) is 5.75 Å². The van der Waals surface area contributed by atoms with Gasteiger partial charge in [0.1, 0.15) is 17.8 Å². The number of aromatic nitrogens is 3. The second-order valence-electron chi connectivity index (χ2n) is 6.31. The van der Waals surface area contributed by atoms with Gasteiger partial charge in [-0.05, 0) is 45.0 Å². The van der Waals surface area contributed by atoms with Crippen molar-refractivity contribution in [1.82, 2.24) is 20.1 Å². The maximum atomic E-state index is 12.9. The van der Waals surface area contributed by atoms with Gasteiger partial charge < -0.3 is 14.1 Å². The summed E-state index contributed by atoms with van der Waals surface area (Å²) in [5.41, 5.74) is 2.96. The van der Waals surface area contributed by atoms with Gasteiger partial charge in [-0.2, -0.15) is 5.10 Å². The van der Waals surface area contributed by atoms with Crippen LogP contribution in [0.1, 0.15) is 46.3 Å². The van der Waals surface area contributed by atoms with Crippen molar-refractivity contribution in [3.63, 3.8) is 0 Å². The molecule has 1 aromatic carbocycles. The lowest BCUT2D eigenvalue weighted by Gasteiger charge is -2.24. The number of aromatic amines is 1. The number of carbonyl (C=O) groups excluding carboxylic acids is 1. The van der Waals surface area contributed by atoms with Crippen LogP contribution in [-0.2, 0) is 6.61 Å². The molecule has 0 saturated carbocycles. The molecule has 8 heteroatoms. The molecule has 0 saturated heterocycles. The third-order valence-corrected chi connectivity index (χ3v) is 4.45. The molecule has 3 aromatic rings. The molecule has 0 aliphatic rings. The van der Waals surface area contributed by atoms with E-state index in [1.807, 2.05) is 20.8 Å². The Morgan fingerprint density at radius 1 is 1.33 bits per heavy atom. The first-order valence-electron chi connectivity index (χ1n) is 8.48. The zero-order chi connectivity index (χ0) is 19.6. The fraction of sp³-hybridized carbons (Fsp3) is 0.316. The van der Waals surface area contributed by atoms with Gasteiger partial charge in [0.25, 0.3) is 5.91 Å². The van der Waals surface area contributed by atoms with Crippen LogP contribution in [0.25, 0.3) is 0 Å². The number of carbonyl (C=O) groups is 1. The molecule has 2 aromatic heterocycles. The van der Waals surface area contributed by atoms with Crippen molar-refractivity contribution in [1.29, 1.82) is 0 Å². The topological polar surface area (TPSA) is 84.2 Å². The van der Waals surface area contributed by atoms with Crippen LogP contribution in [0, 0.1) is 19.7 Å². The van der Waals surface area contributed by atoms with Crippen molar-refractivity contribution in [3.05, 3.63) is 64.9 Å². The predicted molar refractivity (Wildman–Crippen MR) is 95.8 cm³/mol. The zero-order valence-electron chi connectivity index (χ0n) is 15.6. The van der Waals surface area contributed by atoms with Crippen LogP contribution in [0.15, 0.2) is 34.9 Å². The average Bonchev–Trinajstić information content (AvgIpc) is 3.26. The largest absolute Gasteiger partial charge is 0.484 e. The van der Waals surface area contributed by atoms with Crippen molar-refractivity contribution < 1.29 is 18.3 Å². The third-order valence-electron chi connectivity index (χ3n) is 4.45. The Hall–Kier alpha value is -3.16. The summed E-state index contributed by atoms with van der Waals surface area (Å²) in [6, 6.07) is 5.45. The number of ether oxygens (including phenoxy) is 1. The lowest BCUT2D eigenvalue weighted by molar-refractivity contribution is 0.0736. The molecule has 142 valence electrons. The number of rotatable bonds is 6. The molecule has 0 bridgehead atoms. The van der Waals surface area contributed by atoms with Crippen LogP contribution >= 0.6 is 0 Å². The van der Waals surface area contributed by atoms with E-state index in [0.717, 1.165) is 17.0 Å². The molecular formula is C19H21FN4O3. The van der Waals surface area contributed by atoms with Gasteiger partial charge in [0.05, 0.1) is 11.7 Å². The van der Waals surface area contributed by atoms with Crippen LogP contribution in [0.2, 0.25) is 0 Å². The fourth-order valence-electron chi connectivity index (χ4n) is 2.88. The van der Waals surface area contributed by atoms with E-state index < -0.39 is 0 Å². The van der Waals surface area contributed by atoms with Gasteiger partial charge in [0.15, 0.2) is 12.3 Å². The van der Waals surface area contributed by atoms with Gasteiger partial charge in [-0.3, -0.25) is 9.89 Å². The quantitative estimate of drug-likeness (QED) is 0.715. The number of benzene rings is 1. The number of hydrogen-bond donors (Lipinski definition) is 1.